The topological polar surface area (TPSA) is 42.7 Å². The lowest BCUT2D eigenvalue weighted by Crippen LogP contribution is -2.25. The average Bonchev–Trinajstić information content (AvgIpc) is 2.78. The van der Waals surface area contributed by atoms with Gasteiger partial charge in [-0.15, -0.1) is 0 Å². The molecule has 0 fully saturated rings. The largest absolute Gasteiger partial charge is 0.310 e. The Bertz CT molecular complexity index is 550. The van der Waals surface area contributed by atoms with Crippen LogP contribution in [0.4, 0.5) is 0 Å². The number of nitrogens with zero attached hydrogens (tertiary/aromatic N) is 3. The Balaban J connectivity index is 2.29. The second kappa shape index (κ2) is 6.47. The lowest BCUT2D eigenvalue weighted by atomic mass is 10.0. The van der Waals surface area contributed by atoms with E-state index < -0.39 is 0 Å². The highest BCUT2D eigenvalue weighted by molar-refractivity contribution is 14.1. The SMILES string of the molecule is CCNC(Cc1ncnn1C)c1cccc(C)c1I. The predicted molar refractivity (Wildman–Crippen MR) is 85.0 cm³/mol. The molecule has 0 saturated heterocycles. The van der Waals surface area contributed by atoms with Crippen LogP contribution in [0.2, 0.25) is 0 Å². The Morgan fingerprint density at radius 1 is 1.42 bits per heavy atom. The first-order valence-corrected chi connectivity index (χ1v) is 7.52. The molecule has 2 aromatic rings. The number of hydrogen-bond acceptors (Lipinski definition) is 3. The van der Waals surface area contributed by atoms with Crippen molar-refractivity contribution in [3.8, 4) is 0 Å². The Morgan fingerprint density at radius 2 is 2.21 bits per heavy atom. The van der Waals surface area contributed by atoms with Gasteiger partial charge in [0.2, 0.25) is 0 Å². The normalized spacial score (nSPS) is 12.6. The van der Waals surface area contributed by atoms with Crippen molar-refractivity contribution >= 4 is 22.6 Å². The first-order valence-electron chi connectivity index (χ1n) is 6.44. The highest BCUT2D eigenvalue weighted by atomic mass is 127. The molecule has 1 atom stereocenters. The van der Waals surface area contributed by atoms with Crippen LogP contribution in [0, 0.1) is 10.5 Å². The summed E-state index contributed by atoms with van der Waals surface area (Å²) >= 11 is 2.43. The van der Waals surface area contributed by atoms with Crippen LogP contribution in [-0.4, -0.2) is 21.3 Å². The van der Waals surface area contributed by atoms with Crippen LogP contribution in [0.25, 0.3) is 0 Å². The van der Waals surface area contributed by atoms with Crippen molar-refractivity contribution in [3.05, 3.63) is 45.0 Å². The molecule has 1 aromatic heterocycles. The molecule has 0 amide bonds. The van der Waals surface area contributed by atoms with Gasteiger partial charge in [-0.3, -0.25) is 4.68 Å². The zero-order valence-electron chi connectivity index (χ0n) is 11.5. The molecular weight excluding hydrogens is 351 g/mol. The molecule has 2 rings (SSSR count). The first-order chi connectivity index (χ1) is 9.13. The van der Waals surface area contributed by atoms with Crippen LogP contribution >= 0.6 is 22.6 Å². The predicted octanol–water partition coefficient (Wildman–Crippen LogP) is 2.62. The molecule has 0 radical (unpaired) electrons. The second-order valence-electron chi connectivity index (χ2n) is 4.59. The van der Waals surface area contributed by atoms with E-state index >= 15 is 0 Å². The number of rotatable bonds is 5. The minimum absolute atomic E-state index is 0.278. The van der Waals surface area contributed by atoms with E-state index in [2.05, 4.69) is 70.0 Å². The highest BCUT2D eigenvalue weighted by Crippen LogP contribution is 2.25. The lowest BCUT2D eigenvalue weighted by molar-refractivity contribution is 0.520. The Labute approximate surface area is 127 Å². The number of likely N-dealkylation sites (N-methyl/N-ethyl adjacent to an activating group) is 1. The summed E-state index contributed by atoms with van der Waals surface area (Å²) in [6, 6.07) is 6.74. The molecule has 0 spiro atoms. The van der Waals surface area contributed by atoms with Gasteiger partial charge in [-0.1, -0.05) is 25.1 Å². The van der Waals surface area contributed by atoms with Crippen molar-refractivity contribution in [1.29, 1.82) is 0 Å². The molecular formula is C14H19IN4. The average molecular weight is 370 g/mol. The molecule has 1 N–H and O–H groups in total. The molecule has 1 unspecified atom stereocenters. The van der Waals surface area contributed by atoms with Crippen LogP contribution in [0.1, 0.15) is 29.9 Å². The number of hydrogen-bond donors (Lipinski definition) is 1. The van der Waals surface area contributed by atoms with Gasteiger partial charge in [0.15, 0.2) is 0 Å². The van der Waals surface area contributed by atoms with E-state index in [1.165, 1.54) is 14.7 Å². The number of benzene rings is 1. The maximum atomic E-state index is 4.32. The van der Waals surface area contributed by atoms with E-state index in [0.29, 0.717) is 0 Å². The van der Waals surface area contributed by atoms with Gasteiger partial charge in [0.05, 0.1) is 0 Å². The highest BCUT2D eigenvalue weighted by Gasteiger charge is 2.17. The van der Waals surface area contributed by atoms with Crippen molar-refractivity contribution in [2.45, 2.75) is 26.3 Å². The second-order valence-corrected chi connectivity index (χ2v) is 5.67. The summed E-state index contributed by atoms with van der Waals surface area (Å²) < 4.78 is 3.17. The van der Waals surface area contributed by atoms with Gasteiger partial charge in [-0.25, -0.2) is 4.98 Å². The minimum atomic E-state index is 0.278. The third-order valence-corrected chi connectivity index (χ3v) is 4.71. The maximum absolute atomic E-state index is 4.32. The van der Waals surface area contributed by atoms with Crippen molar-refractivity contribution in [2.24, 2.45) is 7.05 Å². The van der Waals surface area contributed by atoms with E-state index in [1.54, 1.807) is 6.33 Å². The molecule has 0 aliphatic heterocycles. The summed E-state index contributed by atoms with van der Waals surface area (Å²) in [6.45, 7) is 5.22. The van der Waals surface area contributed by atoms with Crippen molar-refractivity contribution < 1.29 is 0 Å². The molecule has 102 valence electrons. The lowest BCUT2D eigenvalue weighted by Gasteiger charge is -2.20. The van der Waals surface area contributed by atoms with Crippen LogP contribution in [0.15, 0.2) is 24.5 Å². The van der Waals surface area contributed by atoms with Crippen molar-refractivity contribution in [2.75, 3.05) is 6.54 Å². The minimum Gasteiger partial charge on any atom is -0.310 e. The molecule has 1 aromatic carbocycles. The first kappa shape index (κ1) is 14.5. The van der Waals surface area contributed by atoms with Crippen molar-refractivity contribution in [3.63, 3.8) is 0 Å². The van der Waals surface area contributed by atoms with Gasteiger partial charge in [0, 0.05) is 23.1 Å². The van der Waals surface area contributed by atoms with Gasteiger partial charge in [-0.05, 0) is 47.2 Å². The Morgan fingerprint density at radius 3 is 2.84 bits per heavy atom. The van der Waals surface area contributed by atoms with Crippen LogP contribution in [0.5, 0.6) is 0 Å². The maximum Gasteiger partial charge on any atom is 0.138 e. The fourth-order valence-electron chi connectivity index (χ4n) is 2.17. The van der Waals surface area contributed by atoms with Crippen molar-refractivity contribution in [1.82, 2.24) is 20.1 Å². The zero-order chi connectivity index (χ0) is 13.8. The summed E-state index contributed by atoms with van der Waals surface area (Å²) in [7, 11) is 1.94. The van der Waals surface area contributed by atoms with E-state index in [0.717, 1.165) is 18.8 Å². The van der Waals surface area contributed by atoms with Gasteiger partial charge >= 0.3 is 0 Å². The quantitative estimate of drug-likeness (QED) is 0.823. The smallest absolute Gasteiger partial charge is 0.138 e. The van der Waals surface area contributed by atoms with E-state index in [9.17, 15) is 0 Å². The van der Waals surface area contributed by atoms with E-state index in [1.807, 2.05) is 11.7 Å². The Kier molecular flexibility index (Phi) is 4.93. The summed E-state index contributed by atoms with van der Waals surface area (Å²) in [5.41, 5.74) is 2.66. The summed E-state index contributed by atoms with van der Waals surface area (Å²) in [5, 5.41) is 7.69. The molecule has 5 heteroatoms. The fourth-order valence-corrected chi connectivity index (χ4v) is 2.90. The van der Waals surface area contributed by atoms with Crippen LogP contribution < -0.4 is 5.32 Å². The van der Waals surface area contributed by atoms with Gasteiger partial charge < -0.3 is 5.32 Å². The van der Waals surface area contributed by atoms with Gasteiger partial charge in [0.25, 0.3) is 0 Å². The molecule has 0 aliphatic rings. The molecule has 4 nitrogen and oxygen atoms in total. The van der Waals surface area contributed by atoms with Gasteiger partial charge in [-0.2, -0.15) is 5.10 Å². The Hall–Kier alpha value is -0.950. The molecule has 0 bridgehead atoms. The third kappa shape index (κ3) is 3.33. The molecule has 0 aliphatic carbocycles. The summed E-state index contributed by atoms with van der Waals surface area (Å²) in [4.78, 5) is 4.32. The number of halogens is 1. The number of nitrogens with one attached hydrogen (secondary N) is 1. The zero-order valence-corrected chi connectivity index (χ0v) is 13.7. The molecule has 0 saturated carbocycles. The fraction of sp³-hybridized carbons (Fsp3) is 0.429. The third-order valence-electron chi connectivity index (χ3n) is 3.24. The summed E-state index contributed by atoms with van der Waals surface area (Å²) in [5.74, 6) is 1.00. The summed E-state index contributed by atoms with van der Waals surface area (Å²) in [6.07, 6.45) is 2.46. The number of aryl methyl sites for hydroxylation is 2. The molecule has 1 heterocycles. The standard InChI is InChI=1S/C14H19IN4/c1-4-16-12(8-13-17-9-18-19(13)3)11-7-5-6-10(2)14(11)15/h5-7,9,12,16H,4,8H2,1-3H3. The molecule has 19 heavy (non-hydrogen) atoms. The van der Waals surface area contributed by atoms with E-state index in [-0.39, 0.29) is 6.04 Å². The monoisotopic (exact) mass is 370 g/mol. The van der Waals surface area contributed by atoms with Gasteiger partial charge in [0.1, 0.15) is 12.2 Å². The number of aromatic nitrogens is 3. The van der Waals surface area contributed by atoms with E-state index in [4.69, 9.17) is 0 Å². The van der Waals surface area contributed by atoms with Crippen LogP contribution in [0.3, 0.4) is 0 Å². The van der Waals surface area contributed by atoms with Crippen LogP contribution in [-0.2, 0) is 13.5 Å².